The molecule has 0 radical (unpaired) electrons. The Bertz CT molecular complexity index is 1010. The Kier molecular flexibility index (Phi) is 5.69. The minimum absolute atomic E-state index is 0. The van der Waals surface area contributed by atoms with Crippen LogP contribution >= 0.6 is 13.5 Å². The number of hydrogen-bond donors (Lipinski definition) is 2. The summed E-state index contributed by atoms with van der Waals surface area (Å²) >= 11 is 0. The Morgan fingerprint density at radius 2 is 1.79 bits per heavy atom. The van der Waals surface area contributed by atoms with Gasteiger partial charge in [0, 0.05) is 5.69 Å². The third-order valence-corrected chi connectivity index (χ3v) is 4.06. The molecule has 4 rings (SSSR count). The second-order valence-corrected chi connectivity index (χ2v) is 5.99. The van der Waals surface area contributed by atoms with E-state index in [0.29, 0.717) is 16.9 Å². The predicted octanol–water partition coefficient (Wildman–Crippen LogP) is 4.39. The number of nitrogens with zero attached hydrogens (tertiary/aromatic N) is 2. The number of halogens is 3. The van der Waals surface area contributed by atoms with Crippen LogP contribution in [0, 0.1) is 0 Å². The summed E-state index contributed by atoms with van der Waals surface area (Å²) in [5, 5.41) is 13.5. The van der Waals surface area contributed by atoms with Crippen LogP contribution in [0.4, 0.5) is 29.3 Å². The molecule has 2 N–H and O–H groups in total. The van der Waals surface area contributed by atoms with Crippen LogP contribution in [0.1, 0.15) is 17.5 Å². The van der Waals surface area contributed by atoms with Gasteiger partial charge in [0.25, 0.3) is 0 Å². The van der Waals surface area contributed by atoms with Gasteiger partial charge >= 0.3 is 12.3 Å². The molecule has 152 valence electrons. The van der Waals surface area contributed by atoms with Crippen LogP contribution in [-0.4, -0.2) is 22.9 Å². The van der Waals surface area contributed by atoms with Crippen LogP contribution in [0.5, 0.6) is 0 Å². The summed E-state index contributed by atoms with van der Waals surface area (Å²) in [5.74, 6) is 0.399. The van der Waals surface area contributed by atoms with Crippen LogP contribution in [0.15, 0.2) is 52.9 Å². The lowest BCUT2D eigenvalue weighted by molar-refractivity contribution is -0.137. The Hall–Kier alpha value is -3.21. The van der Waals surface area contributed by atoms with Crippen LogP contribution in [0.2, 0.25) is 0 Å². The highest BCUT2D eigenvalue weighted by Crippen LogP contribution is 2.33. The number of carbonyl (C=O) groups excluding carboxylic acids is 1. The van der Waals surface area contributed by atoms with Gasteiger partial charge in [-0.05, 0) is 36.4 Å². The second kappa shape index (κ2) is 8.03. The number of nitrogens with one attached hydrogen (secondary N) is 2. The number of ether oxygens (including phenoxy) is 1. The molecule has 0 aliphatic carbocycles. The zero-order valence-electron chi connectivity index (χ0n) is 14.7. The van der Waals surface area contributed by atoms with E-state index in [1.807, 2.05) is 0 Å². The summed E-state index contributed by atoms with van der Waals surface area (Å²) in [7, 11) is 0. The molecular formula is C18H15F3N4O3S. The van der Waals surface area contributed by atoms with Crippen molar-refractivity contribution in [2.45, 2.75) is 12.2 Å². The quantitative estimate of drug-likeness (QED) is 0.646. The highest BCUT2D eigenvalue weighted by Gasteiger charge is 2.30. The molecule has 2 heterocycles. The van der Waals surface area contributed by atoms with Gasteiger partial charge in [0.15, 0.2) is 0 Å². The molecular weight excluding hydrogens is 409 g/mol. The number of aromatic nitrogens is 2. The lowest BCUT2D eigenvalue weighted by Crippen LogP contribution is -2.18. The topological polar surface area (TPSA) is 89.3 Å². The molecule has 0 unspecified atom stereocenters. The molecule has 1 aliphatic rings. The lowest BCUT2D eigenvalue weighted by atomic mass is 10.1. The minimum Gasteiger partial charge on any atom is -0.447 e. The fourth-order valence-corrected chi connectivity index (χ4v) is 2.68. The number of anilines is 2. The molecule has 0 saturated carbocycles. The highest BCUT2D eigenvalue weighted by molar-refractivity contribution is 7.59. The number of carbonyl (C=O) groups is 1. The van der Waals surface area contributed by atoms with Crippen LogP contribution in [0.3, 0.4) is 0 Å². The average Bonchev–Trinajstić information content (AvgIpc) is 3.31. The summed E-state index contributed by atoms with van der Waals surface area (Å²) in [6.07, 6.45) is -4.95. The van der Waals surface area contributed by atoms with Crippen molar-refractivity contribution >= 4 is 31.0 Å². The predicted molar refractivity (Wildman–Crippen MR) is 102 cm³/mol. The molecule has 11 heteroatoms. The number of cyclic esters (lactones) is 1. The number of alkyl carbamates (subject to hydrolysis) is 1. The van der Waals surface area contributed by atoms with Gasteiger partial charge in [-0.25, -0.2) is 4.79 Å². The normalized spacial score (nSPS) is 16.0. The molecule has 0 bridgehead atoms. The molecule has 3 aromatic rings. The molecule has 1 atom stereocenters. The van der Waals surface area contributed by atoms with Gasteiger partial charge in [-0.1, -0.05) is 12.1 Å². The van der Waals surface area contributed by atoms with E-state index < -0.39 is 23.9 Å². The average molecular weight is 424 g/mol. The standard InChI is InChI=1S/C18H13F3N4O3.H2S/c19-18(20,21)10-5-7-11(8-6-10)22-13-4-2-1-3-12(13)15-24-25-16(28-15)14-9-27-17(26)23-14;/h1-8,14,22H,9H2,(H,23,26);1H2/t14-;/m0./s1. The maximum Gasteiger partial charge on any atom is 0.416 e. The van der Waals surface area contributed by atoms with Crippen molar-refractivity contribution in [3.8, 4) is 11.5 Å². The third kappa shape index (κ3) is 4.45. The van der Waals surface area contributed by atoms with Gasteiger partial charge in [-0.15, -0.1) is 10.2 Å². The smallest absolute Gasteiger partial charge is 0.416 e. The number of amides is 1. The minimum atomic E-state index is -4.39. The maximum atomic E-state index is 12.7. The Labute approximate surface area is 169 Å². The fraction of sp³-hybridized carbons (Fsp3) is 0.167. The maximum absolute atomic E-state index is 12.7. The van der Waals surface area contributed by atoms with Gasteiger partial charge in [-0.2, -0.15) is 26.7 Å². The second-order valence-electron chi connectivity index (χ2n) is 5.99. The Morgan fingerprint density at radius 1 is 1.07 bits per heavy atom. The van der Waals surface area contributed by atoms with E-state index in [-0.39, 0.29) is 31.9 Å². The fourth-order valence-electron chi connectivity index (χ4n) is 2.68. The van der Waals surface area contributed by atoms with E-state index in [9.17, 15) is 18.0 Å². The molecule has 1 amide bonds. The first kappa shape index (κ1) is 20.5. The van der Waals surface area contributed by atoms with Crippen molar-refractivity contribution in [3.63, 3.8) is 0 Å². The molecule has 1 fully saturated rings. The first-order valence-electron chi connectivity index (χ1n) is 8.20. The molecule has 2 aromatic carbocycles. The number of hydrogen-bond acceptors (Lipinski definition) is 6. The van der Waals surface area contributed by atoms with Crippen LogP contribution in [-0.2, 0) is 10.9 Å². The molecule has 0 spiro atoms. The van der Waals surface area contributed by atoms with Crippen molar-refractivity contribution in [3.05, 3.63) is 60.0 Å². The Morgan fingerprint density at radius 3 is 2.45 bits per heavy atom. The number of alkyl halides is 3. The summed E-state index contributed by atoms with van der Waals surface area (Å²) in [6, 6.07) is 11.1. The van der Waals surface area contributed by atoms with E-state index in [1.54, 1.807) is 24.3 Å². The number of para-hydroxylation sites is 1. The van der Waals surface area contributed by atoms with Crippen molar-refractivity contribution in [1.82, 2.24) is 15.5 Å². The highest BCUT2D eigenvalue weighted by atomic mass is 32.1. The number of benzene rings is 2. The monoisotopic (exact) mass is 424 g/mol. The third-order valence-electron chi connectivity index (χ3n) is 4.06. The van der Waals surface area contributed by atoms with Crippen molar-refractivity contribution in [2.75, 3.05) is 11.9 Å². The van der Waals surface area contributed by atoms with Crippen molar-refractivity contribution < 1.29 is 27.1 Å². The van der Waals surface area contributed by atoms with Gasteiger partial charge in [-0.3, -0.25) is 0 Å². The van der Waals surface area contributed by atoms with E-state index in [0.717, 1.165) is 12.1 Å². The van der Waals surface area contributed by atoms with Crippen molar-refractivity contribution in [2.24, 2.45) is 0 Å². The van der Waals surface area contributed by atoms with Crippen LogP contribution < -0.4 is 10.6 Å². The van der Waals surface area contributed by atoms with E-state index >= 15 is 0 Å². The summed E-state index contributed by atoms with van der Waals surface area (Å²) in [6.45, 7) is 0.0892. The van der Waals surface area contributed by atoms with Crippen LogP contribution in [0.25, 0.3) is 11.5 Å². The van der Waals surface area contributed by atoms with Gasteiger partial charge in [0.1, 0.15) is 12.6 Å². The zero-order chi connectivity index (χ0) is 19.7. The van der Waals surface area contributed by atoms with Gasteiger partial charge < -0.3 is 19.8 Å². The van der Waals surface area contributed by atoms with E-state index in [2.05, 4.69) is 20.8 Å². The van der Waals surface area contributed by atoms with E-state index in [4.69, 9.17) is 9.15 Å². The van der Waals surface area contributed by atoms with Gasteiger partial charge in [0.2, 0.25) is 11.8 Å². The van der Waals surface area contributed by atoms with Crippen molar-refractivity contribution in [1.29, 1.82) is 0 Å². The Balaban J connectivity index is 0.00000240. The summed E-state index contributed by atoms with van der Waals surface area (Å²) in [5.41, 5.74) is 0.876. The lowest BCUT2D eigenvalue weighted by Gasteiger charge is -2.11. The zero-order valence-corrected chi connectivity index (χ0v) is 15.7. The van der Waals surface area contributed by atoms with E-state index in [1.165, 1.54) is 12.1 Å². The summed E-state index contributed by atoms with van der Waals surface area (Å²) < 4.78 is 48.5. The molecule has 7 nitrogen and oxygen atoms in total. The first-order valence-corrected chi connectivity index (χ1v) is 8.20. The molecule has 1 aliphatic heterocycles. The first-order chi connectivity index (χ1) is 13.4. The SMILES string of the molecule is O=C1N[C@H](c2nnc(-c3ccccc3Nc3ccc(C(F)(F)F)cc3)o2)CO1.S. The summed E-state index contributed by atoms with van der Waals surface area (Å²) in [4.78, 5) is 11.1. The number of rotatable bonds is 4. The van der Waals surface area contributed by atoms with Gasteiger partial charge in [0.05, 0.1) is 16.8 Å². The molecule has 29 heavy (non-hydrogen) atoms. The largest absolute Gasteiger partial charge is 0.447 e. The molecule has 1 saturated heterocycles. The molecule has 1 aromatic heterocycles.